The Kier molecular flexibility index (Phi) is 2.46. The van der Waals surface area contributed by atoms with E-state index in [0.29, 0.717) is 5.88 Å². The van der Waals surface area contributed by atoms with Crippen LogP contribution in [-0.4, -0.2) is 16.1 Å². The Morgan fingerprint density at radius 2 is 2.50 bits per heavy atom. The smallest absolute Gasteiger partial charge is 0.219 e. The van der Waals surface area contributed by atoms with Crippen LogP contribution in [0.25, 0.3) is 10.4 Å². The number of aromatic nitrogens is 2. The summed E-state index contributed by atoms with van der Waals surface area (Å²) >= 11 is 0. The molecule has 1 heterocycles. The van der Waals surface area contributed by atoms with Crippen molar-refractivity contribution in [3.63, 3.8) is 0 Å². The van der Waals surface area contributed by atoms with E-state index in [-0.39, 0.29) is 12.6 Å². The molecule has 1 saturated carbocycles. The van der Waals surface area contributed by atoms with Gasteiger partial charge in [-0.15, -0.1) is 0 Å². The number of hydrogen-bond acceptors (Lipinski definition) is 4. The van der Waals surface area contributed by atoms with Gasteiger partial charge in [0, 0.05) is 16.7 Å². The second-order valence-electron chi connectivity index (χ2n) is 3.06. The Labute approximate surface area is 80.6 Å². The fourth-order valence-electron chi connectivity index (χ4n) is 1.01. The first-order valence-electron chi connectivity index (χ1n) is 4.36. The third-order valence-electron chi connectivity index (χ3n) is 1.85. The van der Waals surface area contributed by atoms with E-state index in [1.165, 1.54) is 6.33 Å². The molecule has 1 aromatic rings. The molecule has 1 aliphatic carbocycles. The van der Waals surface area contributed by atoms with Crippen LogP contribution in [0.2, 0.25) is 0 Å². The van der Waals surface area contributed by atoms with Gasteiger partial charge in [0.05, 0.1) is 6.54 Å². The van der Waals surface area contributed by atoms with Gasteiger partial charge in [-0.05, 0) is 18.4 Å². The van der Waals surface area contributed by atoms with Crippen molar-refractivity contribution in [2.75, 3.05) is 0 Å². The molecule has 6 heteroatoms. The van der Waals surface area contributed by atoms with E-state index in [9.17, 15) is 0 Å². The first-order valence-corrected chi connectivity index (χ1v) is 4.36. The summed E-state index contributed by atoms with van der Waals surface area (Å²) in [5.74, 6) is 0.537. The van der Waals surface area contributed by atoms with Gasteiger partial charge in [0.1, 0.15) is 12.4 Å². The molecule has 0 aromatic carbocycles. The van der Waals surface area contributed by atoms with E-state index in [1.807, 2.05) is 0 Å². The molecule has 0 bridgehead atoms. The Bertz CT molecular complexity index is 370. The second-order valence-corrected chi connectivity index (χ2v) is 3.06. The molecule has 0 unspecified atom stereocenters. The van der Waals surface area contributed by atoms with Crippen molar-refractivity contribution in [3.8, 4) is 5.88 Å². The normalized spacial score (nSPS) is 14.6. The first kappa shape index (κ1) is 8.77. The molecule has 0 spiro atoms. The molecule has 72 valence electrons. The SMILES string of the molecule is [N-]=[N+]=NCc1cncnc1OC1CC1. The van der Waals surface area contributed by atoms with E-state index >= 15 is 0 Å². The first-order chi connectivity index (χ1) is 6.90. The van der Waals surface area contributed by atoms with E-state index in [4.69, 9.17) is 10.3 Å². The number of ether oxygens (including phenoxy) is 1. The van der Waals surface area contributed by atoms with Crippen LogP contribution < -0.4 is 4.74 Å². The predicted octanol–water partition coefficient (Wildman–Crippen LogP) is 1.83. The van der Waals surface area contributed by atoms with Gasteiger partial charge in [-0.1, -0.05) is 5.11 Å². The maximum Gasteiger partial charge on any atom is 0.219 e. The van der Waals surface area contributed by atoms with Crippen molar-refractivity contribution in [2.24, 2.45) is 5.11 Å². The molecule has 1 fully saturated rings. The van der Waals surface area contributed by atoms with E-state index in [0.717, 1.165) is 18.4 Å². The van der Waals surface area contributed by atoms with Gasteiger partial charge in [-0.2, -0.15) is 0 Å². The Morgan fingerprint density at radius 3 is 3.21 bits per heavy atom. The fraction of sp³-hybridized carbons (Fsp3) is 0.500. The van der Waals surface area contributed by atoms with Gasteiger partial charge in [0.15, 0.2) is 0 Å². The van der Waals surface area contributed by atoms with Crippen LogP contribution in [0.5, 0.6) is 5.88 Å². The molecular formula is C8H9N5O. The van der Waals surface area contributed by atoms with Crippen LogP contribution in [0.1, 0.15) is 18.4 Å². The minimum Gasteiger partial charge on any atom is -0.474 e. The quantitative estimate of drug-likeness (QED) is 0.413. The van der Waals surface area contributed by atoms with Gasteiger partial charge < -0.3 is 4.74 Å². The largest absolute Gasteiger partial charge is 0.474 e. The van der Waals surface area contributed by atoms with Crippen LogP contribution >= 0.6 is 0 Å². The molecule has 1 aliphatic rings. The number of rotatable bonds is 4. The third-order valence-corrected chi connectivity index (χ3v) is 1.85. The molecule has 2 rings (SSSR count). The van der Waals surface area contributed by atoms with Crippen molar-refractivity contribution < 1.29 is 4.74 Å². The average molecular weight is 191 g/mol. The zero-order valence-corrected chi connectivity index (χ0v) is 7.50. The zero-order valence-electron chi connectivity index (χ0n) is 7.50. The molecule has 1 aromatic heterocycles. The molecule has 0 atom stereocenters. The van der Waals surface area contributed by atoms with Crippen LogP contribution in [0.15, 0.2) is 17.6 Å². The summed E-state index contributed by atoms with van der Waals surface area (Å²) in [7, 11) is 0. The Morgan fingerprint density at radius 1 is 1.64 bits per heavy atom. The highest BCUT2D eigenvalue weighted by molar-refractivity contribution is 5.22. The number of hydrogen-bond donors (Lipinski definition) is 0. The van der Waals surface area contributed by atoms with Crippen molar-refractivity contribution in [1.82, 2.24) is 9.97 Å². The third kappa shape index (κ3) is 2.11. The molecule has 14 heavy (non-hydrogen) atoms. The lowest BCUT2D eigenvalue weighted by atomic mass is 10.3. The molecule has 0 aliphatic heterocycles. The van der Waals surface area contributed by atoms with Crippen molar-refractivity contribution in [3.05, 3.63) is 28.5 Å². The lowest BCUT2D eigenvalue weighted by Crippen LogP contribution is -2.02. The van der Waals surface area contributed by atoms with Gasteiger partial charge in [-0.25, -0.2) is 9.97 Å². The number of azide groups is 1. The van der Waals surface area contributed by atoms with Crippen LogP contribution in [-0.2, 0) is 6.54 Å². The standard InChI is InChI=1S/C8H9N5O/c9-13-12-4-6-3-10-5-11-8(6)14-7-1-2-7/h3,5,7H,1-2,4H2. The summed E-state index contributed by atoms with van der Waals surface area (Å²) in [6.07, 6.45) is 5.47. The summed E-state index contributed by atoms with van der Waals surface area (Å²) < 4.78 is 5.52. The summed E-state index contributed by atoms with van der Waals surface area (Å²) in [5, 5.41) is 3.45. The summed E-state index contributed by atoms with van der Waals surface area (Å²) in [6, 6.07) is 0. The summed E-state index contributed by atoms with van der Waals surface area (Å²) in [5.41, 5.74) is 8.92. The van der Waals surface area contributed by atoms with Gasteiger partial charge >= 0.3 is 0 Å². The lowest BCUT2D eigenvalue weighted by Gasteiger charge is -2.05. The van der Waals surface area contributed by atoms with Crippen molar-refractivity contribution in [2.45, 2.75) is 25.5 Å². The van der Waals surface area contributed by atoms with E-state index in [1.54, 1.807) is 6.20 Å². The van der Waals surface area contributed by atoms with Gasteiger partial charge in [0.25, 0.3) is 0 Å². The second kappa shape index (κ2) is 3.93. The summed E-state index contributed by atoms with van der Waals surface area (Å²) in [6.45, 7) is 0.236. The maximum absolute atomic E-state index is 8.19. The maximum atomic E-state index is 8.19. The minimum absolute atomic E-state index is 0.236. The van der Waals surface area contributed by atoms with Crippen LogP contribution in [0.3, 0.4) is 0 Å². The highest BCUT2D eigenvalue weighted by Gasteiger charge is 2.24. The van der Waals surface area contributed by atoms with Gasteiger partial charge in [0.2, 0.25) is 5.88 Å². The van der Waals surface area contributed by atoms with Crippen molar-refractivity contribution >= 4 is 0 Å². The minimum atomic E-state index is 0.236. The molecular weight excluding hydrogens is 182 g/mol. The highest BCUT2D eigenvalue weighted by Crippen LogP contribution is 2.27. The molecule has 0 N–H and O–H groups in total. The van der Waals surface area contributed by atoms with Crippen LogP contribution in [0, 0.1) is 0 Å². The van der Waals surface area contributed by atoms with Gasteiger partial charge in [-0.3, -0.25) is 0 Å². The fourth-order valence-corrected chi connectivity index (χ4v) is 1.01. The Balaban J connectivity index is 2.13. The van der Waals surface area contributed by atoms with Crippen molar-refractivity contribution in [1.29, 1.82) is 0 Å². The Hall–Kier alpha value is -1.81. The lowest BCUT2D eigenvalue weighted by molar-refractivity contribution is 0.287. The van der Waals surface area contributed by atoms with Crippen LogP contribution in [0.4, 0.5) is 0 Å². The molecule has 0 radical (unpaired) electrons. The topological polar surface area (TPSA) is 83.8 Å². The van der Waals surface area contributed by atoms with E-state index in [2.05, 4.69) is 20.0 Å². The number of nitrogens with zero attached hydrogens (tertiary/aromatic N) is 5. The highest BCUT2D eigenvalue weighted by atomic mass is 16.5. The monoisotopic (exact) mass is 191 g/mol. The molecule has 6 nitrogen and oxygen atoms in total. The van der Waals surface area contributed by atoms with E-state index < -0.39 is 0 Å². The zero-order chi connectivity index (χ0) is 9.80. The summed E-state index contributed by atoms with van der Waals surface area (Å²) in [4.78, 5) is 10.5. The average Bonchev–Trinajstić information content (AvgIpc) is 3.01. The molecule has 0 saturated heterocycles. The predicted molar refractivity (Wildman–Crippen MR) is 48.5 cm³/mol. The molecule has 0 amide bonds.